The molecular formula is C13H19NO2. The van der Waals surface area contributed by atoms with Gasteiger partial charge in [-0.3, -0.25) is 4.79 Å². The van der Waals surface area contributed by atoms with Gasteiger partial charge in [-0.05, 0) is 19.4 Å². The van der Waals surface area contributed by atoms with Gasteiger partial charge in [0.25, 0.3) is 0 Å². The zero-order valence-corrected chi connectivity index (χ0v) is 10.1. The molecule has 1 N–H and O–H groups in total. The Morgan fingerprint density at radius 3 is 2.56 bits per heavy atom. The molecule has 0 spiro atoms. The number of carbonyl (C=O) groups is 1. The van der Waals surface area contributed by atoms with Crippen LogP contribution in [0.4, 0.5) is 0 Å². The average Bonchev–Trinajstić information content (AvgIpc) is 2.20. The van der Waals surface area contributed by atoms with Crippen LogP contribution < -0.4 is 5.32 Å². The summed E-state index contributed by atoms with van der Waals surface area (Å²) in [5, 5.41) is 3.25. The lowest BCUT2D eigenvalue weighted by atomic mass is 10.1. The quantitative estimate of drug-likeness (QED) is 0.773. The summed E-state index contributed by atoms with van der Waals surface area (Å²) in [6.45, 7) is 6.85. The first-order chi connectivity index (χ1) is 7.58. The molecule has 0 aliphatic heterocycles. The zero-order chi connectivity index (χ0) is 12.0. The third-order valence-electron chi connectivity index (χ3n) is 2.25. The van der Waals surface area contributed by atoms with E-state index in [1.54, 1.807) is 0 Å². The Morgan fingerprint density at radius 2 is 2.00 bits per heavy atom. The maximum Gasteiger partial charge on any atom is 0.302 e. The predicted octanol–water partition coefficient (Wildman–Crippen LogP) is 2.04. The Hall–Kier alpha value is -1.35. The van der Waals surface area contributed by atoms with E-state index >= 15 is 0 Å². The van der Waals surface area contributed by atoms with E-state index in [1.165, 1.54) is 18.1 Å². The fraction of sp³-hybridized carbons (Fsp3) is 0.462. The van der Waals surface area contributed by atoms with E-state index in [-0.39, 0.29) is 12.1 Å². The lowest BCUT2D eigenvalue weighted by Gasteiger charge is -2.12. The molecule has 0 saturated carbocycles. The van der Waals surface area contributed by atoms with Gasteiger partial charge >= 0.3 is 5.97 Å². The topological polar surface area (TPSA) is 38.3 Å². The molecule has 0 aromatic heterocycles. The third-order valence-corrected chi connectivity index (χ3v) is 2.25. The van der Waals surface area contributed by atoms with Crippen LogP contribution in [0, 0.1) is 6.92 Å². The predicted molar refractivity (Wildman–Crippen MR) is 64.1 cm³/mol. The molecular weight excluding hydrogens is 202 g/mol. The van der Waals surface area contributed by atoms with Gasteiger partial charge < -0.3 is 10.1 Å². The van der Waals surface area contributed by atoms with Gasteiger partial charge in [-0.15, -0.1) is 0 Å². The second-order valence-electron chi connectivity index (χ2n) is 4.04. The van der Waals surface area contributed by atoms with Crippen molar-refractivity contribution in [1.29, 1.82) is 0 Å². The van der Waals surface area contributed by atoms with Crippen molar-refractivity contribution in [3.8, 4) is 0 Å². The van der Waals surface area contributed by atoms with E-state index in [0.717, 1.165) is 6.54 Å². The highest BCUT2D eigenvalue weighted by molar-refractivity contribution is 5.66. The van der Waals surface area contributed by atoms with Crippen LogP contribution in [0.5, 0.6) is 0 Å². The summed E-state index contributed by atoms with van der Waals surface area (Å²) in [5.41, 5.74) is 2.50. The summed E-state index contributed by atoms with van der Waals surface area (Å²) in [6, 6.07) is 8.37. The lowest BCUT2D eigenvalue weighted by Crippen LogP contribution is -2.27. The first-order valence-corrected chi connectivity index (χ1v) is 5.51. The van der Waals surface area contributed by atoms with Gasteiger partial charge in [0, 0.05) is 20.0 Å². The van der Waals surface area contributed by atoms with Gasteiger partial charge in [0.15, 0.2) is 0 Å². The highest BCUT2D eigenvalue weighted by Crippen LogP contribution is 2.02. The summed E-state index contributed by atoms with van der Waals surface area (Å²) in [7, 11) is 0. The maximum atomic E-state index is 10.7. The van der Waals surface area contributed by atoms with Crippen molar-refractivity contribution in [3.63, 3.8) is 0 Å². The average molecular weight is 221 g/mol. The summed E-state index contributed by atoms with van der Waals surface area (Å²) >= 11 is 0. The minimum Gasteiger partial charge on any atom is -0.462 e. The maximum absolute atomic E-state index is 10.7. The fourth-order valence-electron chi connectivity index (χ4n) is 1.45. The minimum atomic E-state index is -0.232. The number of benzene rings is 1. The van der Waals surface area contributed by atoms with Crippen LogP contribution in [-0.4, -0.2) is 18.6 Å². The van der Waals surface area contributed by atoms with Crippen LogP contribution in [-0.2, 0) is 16.1 Å². The summed E-state index contributed by atoms with van der Waals surface area (Å²) in [6.07, 6.45) is -0.0806. The molecule has 3 heteroatoms. The summed E-state index contributed by atoms with van der Waals surface area (Å²) < 4.78 is 5.01. The first-order valence-electron chi connectivity index (χ1n) is 5.51. The van der Waals surface area contributed by atoms with Gasteiger partial charge in [-0.25, -0.2) is 0 Å². The summed E-state index contributed by atoms with van der Waals surface area (Å²) in [4.78, 5) is 10.7. The monoisotopic (exact) mass is 221 g/mol. The molecule has 3 nitrogen and oxygen atoms in total. The number of hydrogen-bond acceptors (Lipinski definition) is 3. The van der Waals surface area contributed by atoms with E-state index < -0.39 is 0 Å². The van der Waals surface area contributed by atoms with Gasteiger partial charge in [0.1, 0.15) is 6.10 Å². The van der Waals surface area contributed by atoms with Crippen molar-refractivity contribution >= 4 is 5.97 Å². The summed E-state index contributed by atoms with van der Waals surface area (Å²) in [5.74, 6) is -0.232. The molecule has 0 fully saturated rings. The van der Waals surface area contributed by atoms with Gasteiger partial charge in [0.2, 0.25) is 0 Å². The van der Waals surface area contributed by atoms with Gasteiger partial charge in [-0.1, -0.05) is 29.8 Å². The van der Waals surface area contributed by atoms with Crippen LogP contribution >= 0.6 is 0 Å². The highest BCUT2D eigenvalue weighted by Gasteiger charge is 2.03. The number of carbonyl (C=O) groups excluding carboxylic acids is 1. The number of ether oxygens (including phenoxy) is 1. The molecule has 1 aromatic carbocycles. The Labute approximate surface area is 96.8 Å². The number of rotatable bonds is 5. The third kappa shape index (κ3) is 4.94. The van der Waals surface area contributed by atoms with Crippen LogP contribution in [0.15, 0.2) is 24.3 Å². The second-order valence-corrected chi connectivity index (χ2v) is 4.04. The molecule has 0 aliphatic carbocycles. The van der Waals surface area contributed by atoms with Crippen LogP contribution in [0.1, 0.15) is 25.0 Å². The standard InChI is InChI=1S/C13H19NO2/c1-10-4-6-13(7-5-10)9-14-8-11(2)16-12(3)15/h4-7,11,14H,8-9H2,1-3H3. The van der Waals surface area contributed by atoms with Crippen molar-refractivity contribution in [2.24, 2.45) is 0 Å². The van der Waals surface area contributed by atoms with E-state index in [4.69, 9.17) is 4.74 Å². The van der Waals surface area contributed by atoms with Gasteiger partial charge in [-0.2, -0.15) is 0 Å². The molecule has 1 atom stereocenters. The molecule has 16 heavy (non-hydrogen) atoms. The zero-order valence-electron chi connectivity index (χ0n) is 10.1. The Kier molecular flexibility index (Phi) is 4.99. The van der Waals surface area contributed by atoms with Gasteiger partial charge in [0.05, 0.1) is 0 Å². The van der Waals surface area contributed by atoms with Crippen LogP contribution in [0.2, 0.25) is 0 Å². The SMILES string of the molecule is CC(=O)OC(C)CNCc1ccc(C)cc1. The highest BCUT2D eigenvalue weighted by atomic mass is 16.5. The lowest BCUT2D eigenvalue weighted by molar-refractivity contribution is -0.145. The van der Waals surface area contributed by atoms with Crippen molar-refractivity contribution < 1.29 is 9.53 Å². The van der Waals surface area contributed by atoms with E-state index in [1.807, 2.05) is 6.92 Å². The molecule has 88 valence electrons. The molecule has 0 heterocycles. The van der Waals surface area contributed by atoms with Crippen molar-refractivity contribution in [2.45, 2.75) is 33.4 Å². The van der Waals surface area contributed by atoms with Crippen LogP contribution in [0.25, 0.3) is 0 Å². The Bertz CT molecular complexity index is 332. The molecule has 0 bridgehead atoms. The first kappa shape index (κ1) is 12.7. The normalized spacial score (nSPS) is 12.2. The number of esters is 1. The van der Waals surface area contributed by atoms with Crippen molar-refractivity contribution in [1.82, 2.24) is 5.32 Å². The van der Waals surface area contributed by atoms with Crippen LogP contribution in [0.3, 0.4) is 0 Å². The van der Waals surface area contributed by atoms with E-state index in [9.17, 15) is 4.79 Å². The molecule has 0 radical (unpaired) electrons. The molecule has 0 aliphatic rings. The Balaban J connectivity index is 2.25. The molecule has 1 unspecified atom stereocenters. The smallest absolute Gasteiger partial charge is 0.302 e. The van der Waals surface area contributed by atoms with Crippen molar-refractivity contribution in [3.05, 3.63) is 35.4 Å². The number of hydrogen-bond donors (Lipinski definition) is 1. The molecule has 1 rings (SSSR count). The molecule has 0 saturated heterocycles. The number of nitrogens with one attached hydrogen (secondary N) is 1. The number of aryl methyl sites for hydroxylation is 1. The van der Waals surface area contributed by atoms with Crippen molar-refractivity contribution in [2.75, 3.05) is 6.54 Å². The Morgan fingerprint density at radius 1 is 1.38 bits per heavy atom. The van der Waals surface area contributed by atoms with E-state index in [2.05, 4.69) is 36.5 Å². The molecule has 0 amide bonds. The minimum absolute atomic E-state index is 0.0806. The fourth-order valence-corrected chi connectivity index (χ4v) is 1.45. The largest absolute Gasteiger partial charge is 0.462 e. The molecule has 1 aromatic rings. The van der Waals surface area contributed by atoms with E-state index in [0.29, 0.717) is 6.54 Å². The second kappa shape index (κ2) is 6.28.